The zero-order valence-electron chi connectivity index (χ0n) is 13.0. The molecule has 1 aliphatic heterocycles. The van der Waals surface area contributed by atoms with Gasteiger partial charge in [-0.05, 0) is 24.3 Å². The number of sulfonamides is 1. The number of fused-ring (bicyclic) bond motifs is 1. The van der Waals surface area contributed by atoms with Gasteiger partial charge in [-0.2, -0.15) is 4.31 Å². The average molecular weight is 342 g/mol. The fraction of sp³-hybridized carbons (Fsp3) is 0.235. The fourth-order valence-electron chi connectivity index (χ4n) is 3.00. The molecular formula is C17H18N4O2S. The molecule has 1 aromatic heterocycles. The van der Waals surface area contributed by atoms with Crippen molar-refractivity contribution in [3.8, 4) is 0 Å². The Balaban J connectivity index is 1.62. The molecule has 0 saturated carbocycles. The molecule has 124 valence electrons. The molecule has 2 aromatic carbocycles. The van der Waals surface area contributed by atoms with Gasteiger partial charge in [-0.25, -0.2) is 13.4 Å². The van der Waals surface area contributed by atoms with Gasteiger partial charge in [0.05, 0.1) is 22.0 Å². The van der Waals surface area contributed by atoms with E-state index in [0.717, 1.165) is 16.9 Å². The molecule has 0 aliphatic carbocycles. The molecule has 1 fully saturated rings. The highest BCUT2D eigenvalue weighted by atomic mass is 32.2. The number of hydrogen-bond acceptors (Lipinski definition) is 4. The second kappa shape index (κ2) is 6.01. The van der Waals surface area contributed by atoms with Crippen molar-refractivity contribution >= 4 is 21.1 Å². The first kappa shape index (κ1) is 15.3. The van der Waals surface area contributed by atoms with Gasteiger partial charge in [0.2, 0.25) is 10.0 Å². The van der Waals surface area contributed by atoms with Crippen molar-refractivity contribution in [1.29, 1.82) is 0 Å². The Morgan fingerprint density at radius 1 is 1.04 bits per heavy atom. The lowest BCUT2D eigenvalue weighted by Gasteiger charge is -2.31. The highest BCUT2D eigenvalue weighted by Crippen LogP contribution is 2.23. The molecule has 24 heavy (non-hydrogen) atoms. The van der Waals surface area contributed by atoms with E-state index in [1.54, 1.807) is 24.3 Å². The summed E-state index contributed by atoms with van der Waals surface area (Å²) < 4.78 is 27.1. The summed E-state index contributed by atoms with van der Waals surface area (Å²) in [6.45, 7) is 1.40. The number of nitrogens with one attached hydrogen (secondary N) is 2. The molecule has 1 unspecified atom stereocenters. The number of piperazine rings is 1. The molecule has 0 spiro atoms. The molecule has 1 aliphatic rings. The van der Waals surface area contributed by atoms with Crippen LogP contribution in [0, 0.1) is 0 Å². The summed E-state index contributed by atoms with van der Waals surface area (Å²) in [5.41, 5.74) is 1.84. The molecule has 0 amide bonds. The molecule has 2 heterocycles. The van der Waals surface area contributed by atoms with Gasteiger partial charge < -0.3 is 10.3 Å². The maximum atomic E-state index is 12.8. The van der Waals surface area contributed by atoms with Gasteiger partial charge in [0.1, 0.15) is 5.82 Å². The van der Waals surface area contributed by atoms with E-state index in [0.29, 0.717) is 24.5 Å². The highest BCUT2D eigenvalue weighted by Gasteiger charge is 2.31. The third kappa shape index (κ3) is 2.71. The molecule has 1 atom stereocenters. The van der Waals surface area contributed by atoms with Gasteiger partial charge in [0.15, 0.2) is 0 Å². The van der Waals surface area contributed by atoms with Crippen molar-refractivity contribution in [3.05, 3.63) is 60.4 Å². The standard InChI is InChI=1S/C17H18N4O2S/c22-24(23,13-6-2-1-3-7-13)21-11-10-18-16(12-21)17-19-14-8-4-5-9-15(14)20-17/h1-9,16,18H,10-12H2,(H,19,20). The first-order valence-electron chi connectivity index (χ1n) is 7.88. The molecule has 1 saturated heterocycles. The van der Waals surface area contributed by atoms with Crippen molar-refractivity contribution < 1.29 is 8.42 Å². The molecule has 0 radical (unpaired) electrons. The molecular weight excluding hydrogens is 324 g/mol. The van der Waals surface area contributed by atoms with Crippen LogP contribution in [0.15, 0.2) is 59.5 Å². The monoisotopic (exact) mass is 342 g/mol. The Labute approximate surface area is 140 Å². The Bertz CT molecular complexity index is 920. The molecule has 2 N–H and O–H groups in total. The predicted octanol–water partition coefficient (Wildman–Crippen LogP) is 1.90. The minimum absolute atomic E-state index is 0.148. The van der Waals surface area contributed by atoms with E-state index in [1.165, 1.54) is 4.31 Å². The van der Waals surface area contributed by atoms with Crippen LogP contribution >= 0.6 is 0 Å². The molecule has 4 rings (SSSR count). The Hall–Kier alpha value is -2.22. The van der Waals surface area contributed by atoms with E-state index in [4.69, 9.17) is 0 Å². The van der Waals surface area contributed by atoms with Gasteiger partial charge >= 0.3 is 0 Å². The topological polar surface area (TPSA) is 78.1 Å². The van der Waals surface area contributed by atoms with Gasteiger partial charge in [-0.1, -0.05) is 30.3 Å². The molecule has 0 bridgehead atoms. The van der Waals surface area contributed by atoms with E-state index in [9.17, 15) is 8.42 Å². The van der Waals surface area contributed by atoms with Crippen molar-refractivity contribution in [3.63, 3.8) is 0 Å². The number of aromatic nitrogens is 2. The summed E-state index contributed by atoms with van der Waals surface area (Å²) in [6.07, 6.45) is 0. The Morgan fingerprint density at radius 2 is 1.79 bits per heavy atom. The smallest absolute Gasteiger partial charge is 0.243 e. The van der Waals surface area contributed by atoms with Crippen molar-refractivity contribution in [2.24, 2.45) is 0 Å². The zero-order chi connectivity index (χ0) is 16.6. The fourth-order valence-corrected chi connectivity index (χ4v) is 4.48. The zero-order valence-corrected chi connectivity index (χ0v) is 13.8. The molecule has 7 heteroatoms. The number of hydrogen-bond donors (Lipinski definition) is 2. The minimum atomic E-state index is -3.48. The van der Waals surface area contributed by atoms with Crippen LogP contribution in [0.5, 0.6) is 0 Å². The summed E-state index contributed by atoms with van der Waals surface area (Å²) in [6, 6.07) is 16.2. The van der Waals surface area contributed by atoms with Crippen LogP contribution in [-0.4, -0.2) is 42.3 Å². The first-order chi connectivity index (χ1) is 11.6. The number of aromatic amines is 1. The molecule has 6 nitrogen and oxygen atoms in total. The summed E-state index contributed by atoms with van der Waals surface area (Å²) in [5.74, 6) is 0.768. The Morgan fingerprint density at radius 3 is 2.58 bits per heavy atom. The third-order valence-corrected chi connectivity index (χ3v) is 6.14. The van der Waals surface area contributed by atoms with Gasteiger partial charge in [0, 0.05) is 19.6 Å². The van der Waals surface area contributed by atoms with Crippen LogP contribution in [0.25, 0.3) is 11.0 Å². The number of benzene rings is 2. The second-order valence-electron chi connectivity index (χ2n) is 5.82. The van der Waals surface area contributed by atoms with Crippen molar-refractivity contribution in [2.75, 3.05) is 19.6 Å². The predicted molar refractivity (Wildman–Crippen MR) is 92.0 cm³/mol. The van der Waals surface area contributed by atoms with E-state index < -0.39 is 10.0 Å². The van der Waals surface area contributed by atoms with Crippen molar-refractivity contribution in [1.82, 2.24) is 19.6 Å². The number of nitrogens with zero attached hydrogens (tertiary/aromatic N) is 2. The highest BCUT2D eigenvalue weighted by molar-refractivity contribution is 7.89. The summed E-state index contributed by atoms with van der Waals surface area (Å²) in [7, 11) is -3.48. The quantitative estimate of drug-likeness (QED) is 0.762. The average Bonchev–Trinajstić information content (AvgIpc) is 3.07. The number of H-pyrrole nitrogens is 1. The van der Waals surface area contributed by atoms with Crippen LogP contribution < -0.4 is 5.32 Å². The minimum Gasteiger partial charge on any atom is -0.341 e. The SMILES string of the molecule is O=S(=O)(c1ccccc1)N1CCNC(c2nc3ccccc3[nH]2)C1. The van der Waals surface area contributed by atoms with E-state index in [1.807, 2.05) is 30.3 Å². The summed E-state index contributed by atoms with van der Waals surface area (Å²) in [5, 5.41) is 3.35. The third-order valence-electron chi connectivity index (χ3n) is 4.26. The normalized spacial score (nSPS) is 19.6. The largest absolute Gasteiger partial charge is 0.341 e. The van der Waals surface area contributed by atoms with E-state index in [-0.39, 0.29) is 6.04 Å². The van der Waals surface area contributed by atoms with Gasteiger partial charge in [-0.3, -0.25) is 0 Å². The second-order valence-corrected chi connectivity index (χ2v) is 7.76. The van der Waals surface area contributed by atoms with Crippen molar-refractivity contribution in [2.45, 2.75) is 10.9 Å². The van der Waals surface area contributed by atoms with Crippen LogP contribution in [0.1, 0.15) is 11.9 Å². The van der Waals surface area contributed by atoms with E-state index in [2.05, 4.69) is 15.3 Å². The van der Waals surface area contributed by atoms with Crippen LogP contribution in [0.2, 0.25) is 0 Å². The van der Waals surface area contributed by atoms with Crippen LogP contribution in [-0.2, 0) is 10.0 Å². The number of imidazole rings is 1. The summed E-state index contributed by atoms with van der Waals surface area (Å²) >= 11 is 0. The lowest BCUT2D eigenvalue weighted by molar-refractivity contribution is 0.295. The number of para-hydroxylation sites is 2. The lowest BCUT2D eigenvalue weighted by atomic mass is 10.2. The first-order valence-corrected chi connectivity index (χ1v) is 9.32. The molecule has 3 aromatic rings. The van der Waals surface area contributed by atoms with Crippen LogP contribution in [0.3, 0.4) is 0 Å². The lowest BCUT2D eigenvalue weighted by Crippen LogP contribution is -2.48. The van der Waals surface area contributed by atoms with Crippen LogP contribution in [0.4, 0.5) is 0 Å². The van der Waals surface area contributed by atoms with E-state index >= 15 is 0 Å². The maximum absolute atomic E-state index is 12.8. The summed E-state index contributed by atoms with van der Waals surface area (Å²) in [4.78, 5) is 8.20. The van der Waals surface area contributed by atoms with Gasteiger partial charge in [-0.15, -0.1) is 0 Å². The van der Waals surface area contributed by atoms with Gasteiger partial charge in [0.25, 0.3) is 0 Å². The number of rotatable bonds is 3. The maximum Gasteiger partial charge on any atom is 0.243 e. The Kier molecular flexibility index (Phi) is 3.84.